The Morgan fingerprint density at radius 1 is 1.19 bits per heavy atom. The Balaban J connectivity index is 2.21. The van der Waals surface area contributed by atoms with Crippen molar-refractivity contribution in [2.24, 2.45) is 5.92 Å². The lowest BCUT2D eigenvalue weighted by Gasteiger charge is -2.13. The van der Waals surface area contributed by atoms with Gasteiger partial charge >= 0.3 is 5.97 Å². The minimum Gasteiger partial charge on any atom is -0.294 e. The highest BCUT2D eigenvalue weighted by atomic mass is 17.2. The van der Waals surface area contributed by atoms with Crippen molar-refractivity contribution in [2.45, 2.75) is 46.0 Å². The Morgan fingerprint density at radius 3 is 2.62 bits per heavy atom. The maximum Gasteiger partial charge on any atom is 0.365 e. The number of hydrogen-bond donors (Lipinski definition) is 0. The van der Waals surface area contributed by atoms with E-state index >= 15 is 0 Å². The van der Waals surface area contributed by atoms with E-state index in [0.717, 1.165) is 18.4 Å². The molecule has 3 heteroatoms. The highest BCUT2D eigenvalue weighted by Gasteiger charge is 2.08. The van der Waals surface area contributed by atoms with Gasteiger partial charge in [0.05, 0.1) is 6.61 Å². The molecule has 0 saturated carbocycles. The molecule has 0 N–H and O–H groups in total. The lowest BCUT2D eigenvalue weighted by atomic mass is 10.00. The van der Waals surface area contributed by atoms with Gasteiger partial charge in [-0.3, -0.25) is 4.89 Å². The van der Waals surface area contributed by atoms with Gasteiger partial charge in [0.2, 0.25) is 0 Å². The summed E-state index contributed by atoms with van der Waals surface area (Å²) in [7, 11) is 0. The van der Waals surface area contributed by atoms with Crippen LogP contribution >= 0.6 is 0 Å². The van der Waals surface area contributed by atoms with Crippen LogP contribution in [0.5, 0.6) is 0 Å². The summed E-state index contributed by atoms with van der Waals surface area (Å²) in [5.41, 5.74) is 0.959. The maximum absolute atomic E-state index is 11.5. The van der Waals surface area contributed by atoms with E-state index in [4.69, 9.17) is 9.78 Å². The van der Waals surface area contributed by atoms with Gasteiger partial charge in [0, 0.05) is 6.08 Å². The highest BCUT2D eigenvalue weighted by molar-refractivity contribution is 5.86. The summed E-state index contributed by atoms with van der Waals surface area (Å²) in [5.74, 6) is -0.00952. The molecule has 0 aliphatic carbocycles. The molecule has 0 spiro atoms. The Bertz CT molecular complexity index is 412. The predicted octanol–water partition coefficient (Wildman–Crippen LogP) is 4.78. The van der Waals surface area contributed by atoms with Crippen molar-refractivity contribution >= 4 is 12.0 Å². The lowest BCUT2D eigenvalue weighted by Crippen LogP contribution is -2.11. The quantitative estimate of drug-likeness (QED) is 0.269. The van der Waals surface area contributed by atoms with Crippen LogP contribution in [0.1, 0.15) is 51.5 Å². The molecule has 0 aromatic heterocycles. The second kappa shape index (κ2) is 11.1. The van der Waals surface area contributed by atoms with E-state index < -0.39 is 5.97 Å². The molecule has 1 rings (SSSR count). The van der Waals surface area contributed by atoms with Gasteiger partial charge in [-0.1, -0.05) is 69.9 Å². The van der Waals surface area contributed by atoms with Crippen molar-refractivity contribution in [3.05, 3.63) is 42.0 Å². The summed E-state index contributed by atoms with van der Waals surface area (Å²) in [6.45, 7) is 4.81. The average molecular weight is 290 g/mol. The molecular formula is C18H26O3. The summed E-state index contributed by atoms with van der Waals surface area (Å²) in [6.07, 6.45) is 8.94. The van der Waals surface area contributed by atoms with Crippen LogP contribution in [0.25, 0.3) is 6.08 Å². The number of carbonyl (C=O) groups is 1. The van der Waals surface area contributed by atoms with Crippen molar-refractivity contribution in [2.75, 3.05) is 6.61 Å². The molecule has 0 bridgehead atoms. The molecule has 1 unspecified atom stereocenters. The lowest BCUT2D eigenvalue weighted by molar-refractivity contribution is -0.273. The van der Waals surface area contributed by atoms with Gasteiger partial charge in [0.1, 0.15) is 0 Å². The third kappa shape index (κ3) is 8.30. The van der Waals surface area contributed by atoms with Gasteiger partial charge in [0.25, 0.3) is 0 Å². The first kappa shape index (κ1) is 17.4. The van der Waals surface area contributed by atoms with Crippen molar-refractivity contribution in [1.82, 2.24) is 0 Å². The zero-order chi connectivity index (χ0) is 15.3. The number of benzene rings is 1. The van der Waals surface area contributed by atoms with Crippen LogP contribution in [-0.2, 0) is 14.6 Å². The molecule has 21 heavy (non-hydrogen) atoms. The maximum atomic E-state index is 11.5. The fraction of sp³-hybridized carbons (Fsp3) is 0.500. The van der Waals surface area contributed by atoms with Crippen LogP contribution in [0.15, 0.2) is 36.4 Å². The first-order chi connectivity index (χ1) is 10.3. The molecule has 0 saturated heterocycles. The van der Waals surface area contributed by atoms with Crippen LogP contribution in [0.2, 0.25) is 0 Å². The van der Waals surface area contributed by atoms with Gasteiger partial charge in [-0.15, -0.1) is 0 Å². The average Bonchev–Trinajstić information content (AvgIpc) is 2.52. The normalized spacial score (nSPS) is 12.5. The van der Waals surface area contributed by atoms with Crippen LogP contribution in [-0.4, -0.2) is 12.6 Å². The van der Waals surface area contributed by atoms with E-state index in [1.165, 1.54) is 25.3 Å². The van der Waals surface area contributed by atoms with Crippen LogP contribution in [0.3, 0.4) is 0 Å². The first-order valence-electron chi connectivity index (χ1n) is 7.82. The molecule has 0 aliphatic heterocycles. The van der Waals surface area contributed by atoms with Gasteiger partial charge in [-0.25, -0.2) is 4.79 Å². The molecule has 0 fully saturated rings. The minimum atomic E-state index is -0.470. The monoisotopic (exact) mass is 290 g/mol. The molecule has 3 nitrogen and oxygen atoms in total. The van der Waals surface area contributed by atoms with Crippen molar-refractivity contribution in [3.8, 4) is 0 Å². The zero-order valence-electron chi connectivity index (χ0n) is 13.1. The van der Waals surface area contributed by atoms with Gasteiger partial charge in [0.15, 0.2) is 0 Å². The second-order valence-corrected chi connectivity index (χ2v) is 5.20. The van der Waals surface area contributed by atoms with Gasteiger partial charge < -0.3 is 0 Å². The zero-order valence-corrected chi connectivity index (χ0v) is 13.1. The van der Waals surface area contributed by atoms with E-state index in [-0.39, 0.29) is 0 Å². The molecule has 1 aromatic carbocycles. The van der Waals surface area contributed by atoms with Crippen LogP contribution in [0, 0.1) is 5.92 Å². The summed E-state index contributed by atoms with van der Waals surface area (Å²) in [5, 5.41) is 0. The van der Waals surface area contributed by atoms with Crippen LogP contribution in [0.4, 0.5) is 0 Å². The van der Waals surface area contributed by atoms with Crippen molar-refractivity contribution in [3.63, 3.8) is 0 Å². The Labute approximate surface area is 127 Å². The van der Waals surface area contributed by atoms with E-state index in [1.54, 1.807) is 6.08 Å². The summed E-state index contributed by atoms with van der Waals surface area (Å²) >= 11 is 0. The van der Waals surface area contributed by atoms with Gasteiger partial charge in [-0.05, 0) is 24.0 Å². The smallest absolute Gasteiger partial charge is 0.294 e. The fourth-order valence-corrected chi connectivity index (χ4v) is 2.03. The van der Waals surface area contributed by atoms with Crippen molar-refractivity contribution < 1.29 is 14.6 Å². The number of carbonyl (C=O) groups excluding carboxylic acids is 1. The predicted molar refractivity (Wildman–Crippen MR) is 85.4 cm³/mol. The molecule has 0 amide bonds. The van der Waals surface area contributed by atoms with Crippen LogP contribution < -0.4 is 0 Å². The van der Waals surface area contributed by atoms with Gasteiger partial charge in [-0.2, -0.15) is 4.89 Å². The van der Waals surface area contributed by atoms with E-state index in [9.17, 15) is 4.79 Å². The largest absolute Gasteiger partial charge is 0.365 e. The molecule has 116 valence electrons. The van der Waals surface area contributed by atoms with E-state index in [1.807, 2.05) is 30.3 Å². The number of unbranched alkanes of at least 4 members (excludes halogenated alkanes) is 2. The molecule has 1 aromatic rings. The summed E-state index contributed by atoms with van der Waals surface area (Å²) < 4.78 is 0. The third-order valence-electron chi connectivity index (χ3n) is 3.45. The summed E-state index contributed by atoms with van der Waals surface area (Å²) in [6, 6.07) is 9.62. The molecule has 0 aliphatic rings. The Morgan fingerprint density at radius 2 is 1.95 bits per heavy atom. The molecule has 0 radical (unpaired) electrons. The molecular weight excluding hydrogens is 264 g/mol. The standard InChI is InChI=1S/C18H26O3/c1-3-5-7-10-16(4-2)15-20-21-18(19)14-13-17-11-8-6-9-12-17/h6,8-9,11-14,16H,3-5,7,10,15H2,1-2H3. The van der Waals surface area contributed by atoms with E-state index in [2.05, 4.69) is 13.8 Å². The highest BCUT2D eigenvalue weighted by Crippen LogP contribution is 2.14. The number of hydrogen-bond acceptors (Lipinski definition) is 3. The Kier molecular flexibility index (Phi) is 9.21. The minimum absolute atomic E-state index is 0.461. The topological polar surface area (TPSA) is 35.5 Å². The Hall–Kier alpha value is -1.61. The first-order valence-corrected chi connectivity index (χ1v) is 7.82. The fourth-order valence-electron chi connectivity index (χ4n) is 2.03. The number of rotatable bonds is 10. The van der Waals surface area contributed by atoms with E-state index in [0.29, 0.717) is 12.5 Å². The third-order valence-corrected chi connectivity index (χ3v) is 3.45. The van der Waals surface area contributed by atoms with Crippen molar-refractivity contribution in [1.29, 1.82) is 0 Å². The SMILES string of the molecule is CCCCCC(CC)COOC(=O)C=Cc1ccccc1. The molecule has 1 atom stereocenters. The summed E-state index contributed by atoms with van der Waals surface area (Å²) in [4.78, 5) is 21.4. The second-order valence-electron chi connectivity index (χ2n) is 5.20. The molecule has 0 heterocycles.